The Morgan fingerprint density at radius 3 is 0.943 bits per heavy atom. The number of halogens is 1. The number of hydrogen-bond acceptors (Lipinski definition) is 34. The maximum absolute atomic E-state index is 12.4. The van der Waals surface area contributed by atoms with Gasteiger partial charge in [0.1, 0.15) is 16.8 Å². The van der Waals surface area contributed by atoms with Crippen molar-refractivity contribution in [3.63, 3.8) is 0 Å². The number of epoxide rings is 1. The third-order valence-electron chi connectivity index (χ3n) is 16.1. The van der Waals surface area contributed by atoms with Crippen LogP contribution < -0.4 is 41.9 Å². The van der Waals surface area contributed by atoms with Crippen LogP contribution in [0.4, 0.5) is 22.7 Å². The van der Waals surface area contributed by atoms with E-state index in [4.69, 9.17) is 64.2 Å². The number of carboxylic acids is 1. The second-order valence-corrected chi connectivity index (χ2v) is 38.1. The number of nitrogens with one attached hydrogen (secondary N) is 3. The van der Waals surface area contributed by atoms with Gasteiger partial charge in [-0.1, -0.05) is 24.3 Å². The van der Waals surface area contributed by atoms with Crippen molar-refractivity contribution in [3.05, 3.63) is 117 Å². The lowest BCUT2D eigenvalue weighted by Crippen LogP contribution is -2.38. The van der Waals surface area contributed by atoms with Gasteiger partial charge in [0.15, 0.2) is 0 Å². The summed E-state index contributed by atoms with van der Waals surface area (Å²) in [5, 5.41) is 44.0. The largest absolute Gasteiger partial charge is 0.481 e. The number of aliphatic hydroxyl groups excluding tert-OH is 3. The van der Waals surface area contributed by atoms with E-state index in [2.05, 4.69) is 20.4 Å². The van der Waals surface area contributed by atoms with Crippen LogP contribution in [0.25, 0.3) is 0 Å². The number of ether oxygens (including phenoxy) is 4. The minimum Gasteiger partial charge on any atom is -0.481 e. The Morgan fingerprint density at radius 2 is 0.713 bits per heavy atom. The molecule has 0 bridgehead atoms. The summed E-state index contributed by atoms with van der Waals surface area (Å²) < 4.78 is 130. The molecule has 0 saturated carbocycles. The number of carboxylic acid groups (broad SMARTS) is 1. The van der Waals surface area contributed by atoms with Gasteiger partial charge in [-0.05, 0) is 209 Å². The van der Waals surface area contributed by atoms with Crippen LogP contribution in [0.1, 0.15) is 133 Å². The van der Waals surface area contributed by atoms with E-state index in [0.717, 1.165) is 88.4 Å². The van der Waals surface area contributed by atoms with Gasteiger partial charge in [-0.25, -0.2) is 0 Å². The summed E-state index contributed by atoms with van der Waals surface area (Å²) in [6, 6.07) is 21.1. The molecule has 122 heavy (non-hydrogen) atoms. The molecule has 1 saturated heterocycles. The van der Waals surface area contributed by atoms with E-state index in [1.165, 1.54) is 22.2 Å². The van der Waals surface area contributed by atoms with Crippen molar-refractivity contribution in [3.8, 4) is 0 Å². The zero-order valence-corrected chi connectivity index (χ0v) is 77.4. The van der Waals surface area contributed by atoms with E-state index in [1.54, 1.807) is 36.6 Å². The van der Waals surface area contributed by atoms with E-state index in [1.807, 2.05) is 141 Å². The monoisotopic (exact) mass is 1820 g/mol. The van der Waals surface area contributed by atoms with Crippen molar-refractivity contribution >= 4 is 140 Å². The number of benzene rings is 4. The van der Waals surface area contributed by atoms with Gasteiger partial charge in [0.2, 0.25) is 0 Å². The third-order valence-corrected chi connectivity index (χ3v) is 18.7. The summed E-state index contributed by atoms with van der Waals surface area (Å²) in [6.07, 6.45) is 7.68. The van der Waals surface area contributed by atoms with Crippen LogP contribution in [0.3, 0.4) is 0 Å². The summed E-state index contributed by atoms with van der Waals surface area (Å²) in [6.45, 7) is 27.0. The predicted molar refractivity (Wildman–Crippen MR) is 476 cm³/mol. The van der Waals surface area contributed by atoms with Crippen LogP contribution in [0, 0.1) is 27.7 Å². The second kappa shape index (κ2) is 58.9. The lowest BCUT2D eigenvalue weighted by molar-refractivity contribution is -0.156. The predicted octanol–water partition coefficient (Wildman–Crippen LogP) is 3.58. The Kier molecular flexibility index (Phi) is 55.4. The molecule has 11 N–H and O–H groups in total. The van der Waals surface area contributed by atoms with Gasteiger partial charge in [0.05, 0.1) is 129 Å². The number of anilines is 4. The molecular weight excluding hydrogens is 1690 g/mol. The molecule has 3 radical (unpaired) electrons. The zero-order chi connectivity index (χ0) is 93.3. The molecule has 4 aromatic carbocycles. The van der Waals surface area contributed by atoms with Crippen molar-refractivity contribution in [2.75, 3.05) is 150 Å². The maximum atomic E-state index is 12.4. The molecule has 0 amide bonds. The molecule has 4 aromatic rings. The number of rotatable bonds is 49. The van der Waals surface area contributed by atoms with Crippen molar-refractivity contribution in [1.82, 2.24) is 15.7 Å². The minimum absolute atomic E-state index is 0.0136. The van der Waals surface area contributed by atoms with E-state index < -0.39 is 81.3 Å². The molecule has 35 nitrogen and oxygen atoms in total. The van der Waals surface area contributed by atoms with Gasteiger partial charge in [0.25, 0.3) is 62.7 Å². The molecule has 0 spiro atoms. The zero-order valence-electron chi connectivity index (χ0n) is 73.4. The molecule has 5 rings (SSSR count). The first-order valence-corrected chi connectivity index (χ1v) is 46.8. The smallest absolute Gasteiger partial charge is 0.307 e. The number of aliphatic hydroxyl groups is 3. The van der Waals surface area contributed by atoms with Gasteiger partial charge >= 0.3 is 23.9 Å². The first kappa shape index (κ1) is 115. The Labute approximate surface area is 729 Å². The Hall–Kier alpha value is -7.23. The fourth-order valence-corrected chi connectivity index (χ4v) is 12.4. The normalized spacial score (nSPS) is 13.0. The summed E-state index contributed by atoms with van der Waals surface area (Å²) in [5.41, 5.74) is 20.7. The average molecular weight is 1820 g/mol. The Balaban J connectivity index is 0.00000157. The molecule has 0 unspecified atom stereocenters. The molecule has 0 aliphatic carbocycles. The molecule has 1 heterocycles. The lowest BCUT2D eigenvalue weighted by Gasteiger charge is -2.26. The van der Waals surface area contributed by atoms with Crippen LogP contribution >= 0.6 is 11.6 Å². The van der Waals surface area contributed by atoms with Gasteiger partial charge in [-0.3, -0.25) is 35.9 Å². The van der Waals surface area contributed by atoms with E-state index in [0.29, 0.717) is 80.3 Å². The molecule has 1 aliphatic rings. The number of aliphatic carboxylic acids is 1. The highest BCUT2D eigenvalue weighted by molar-refractivity contribution is 7.86. The van der Waals surface area contributed by atoms with E-state index >= 15 is 0 Å². The number of aryl methyl sites for hydroxylation is 4. The van der Waals surface area contributed by atoms with Crippen molar-refractivity contribution in [1.29, 1.82) is 0 Å². The summed E-state index contributed by atoms with van der Waals surface area (Å²) in [4.78, 5) is 85.0. The minimum atomic E-state index is -3.65. The van der Waals surface area contributed by atoms with E-state index in [-0.39, 0.29) is 122 Å². The van der Waals surface area contributed by atoms with Crippen LogP contribution in [0.5, 0.6) is 0 Å². The maximum Gasteiger partial charge on any atom is 0.307 e. The molecule has 1 fully saturated rings. The van der Waals surface area contributed by atoms with Crippen LogP contribution in [-0.2, 0) is 135 Å². The van der Waals surface area contributed by atoms with Crippen molar-refractivity contribution in [2.24, 2.45) is 5.73 Å². The SMILES string of the molecule is C1CO1.Cc1ccc(N(CCO)CCO)cc1C[C@H](CC(=O)OC(C)(C)C)N[B]C=O.Cc1ccc(N(CCOS(C)(=O)=O)CCOS(C)(=O)=O)cc1C[C@@H](N)CC(=O)O.Cc1ccc(N(CCOS(C)(=O)=O)CCOS(C)(=O)=O)cc1C[C@H](CC(=O)OC(C)(C)C)N[B]C=O.Cc1ccc(N)cc1C[C@H](CC(=O)OC(C)(C)C)N[B]C=O.OCCCl. The Bertz CT molecular complexity index is 4210. The van der Waals surface area contributed by atoms with E-state index in [9.17, 15) is 77.4 Å². The Morgan fingerprint density at radius 1 is 0.459 bits per heavy atom. The number of carbonyl (C=O) groups is 7. The van der Waals surface area contributed by atoms with Crippen LogP contribution in [-0.4, -0.2) is 289 Å². The average Bonchev–Trinajstić information content (AvgIpc) is 0.902. The molecular formula is C79H129B3ClN8O27S4. The van der Waals surface area contributed by atoms with Crippen LogP contribution in [0.2, 0.25) is 0 Å². The van der Waals surface area contributed by atoms with Crippen molar-refractivity contribution in [2.45, 2.75) is 182 Å². The molecule has 0 aromatic heterocycles. The standard InChI is InChI=1S/C22H36BN2O9S2.C20H32BN2O5.C17H28N2O8S2.C16H24BN2O3.C2H5ClO.C2H4O/c1-17-7-8-20(25(9-11-32-35(5,28)29)10-12-33-36(6,30)31)14-18(17)13-19(24-23-16-26)15-21(27)34-22(2,3)4;1-15-5-6-18(23(7-9-24)8-10-25)12-16(15)11-17(22-21-14-26)13-19(27)28-20(2,3)4;1-13-4-5-16(11-14(13)10-15(18)12-17(20)21)19(6-8-26-28(2,22)23)7-9-27-29(3,24)25;1-11-5-6-13(18)7-12(11)8-14(19-17-10-20)9-15(21)22-16(2,3)4;3-1-2-4;1-2-3-1/h7-8,14,16,19,24H,9-13,15H2,1-6H3;5-6,12,14,17,22,24-25H,7-11,13H2,1-4H3;4-5,11,15H,6-10,12,18H2,1-3H3,(H,20,21);5-7,10,14,19H,8-9,18H2,1-4H3;4H,1-2H2;1-2H2/t19-;17-;15-;14-;;/m1111../s1. The second-order valence-electron chi connectivity index (χ2n) is 31.1. The highest BCUT2D eigenvalue weighted by Crippen LogP contribution is 2.26. The molecule has 4 atom stereocenters. The topological polar surface area (TPSA) is 512 Å². The lowest BCUT2D eigenvalue weighted by atomic mass is 9.91. The van der Waals surface area contributed by atoms with Gasteiger partial charge in [-0.15, -0.1) is 11.6 Å². The van der Waals surface area contributed by atoms with Crippen molar-refractivity contribution < 1.29 is 123 Å². The quantitative estimate of drug-likeness (QED) is 0.00446. The highest BCUT2D eigenvalue weighted by atomic mass is 35.5. The first-order valence-electron chi connectivity index (χ1n) is 39.0. The third kappa shape index (κ3) is 61.2. The number of nitrogens with two attached hydrogens (primary N) is 2. The fourth-order valence-electron chi connectivity index (χ4n) is 10.9. The van der Waals surface area contributed by atoms with Gasteiger partial charge < -0.3 is 95.6 Å². The first-order chi connectivity index (χ1) is 56.6. The number of hydrogen-bond donors (Lipinski definition) is 9. The highest BCUT2D eigenvalue weighted by Gasteiger charge is 2.27. The summed E-state index contributed by atoms with van der Waals surface area (Å²) in [5.74, 6) is -1.68. The number of alkyl halides is 1. The number of esters is 3. The number of nitrogen functional groups attached to an aromatic ring is 1. The fraction of sp³-hybridized carbons (Fsp3) is 0.608. The number of nitrogens with zero attached hydrogens (tertiary/aromatic N) is 3. The summed E-state index contributed by atoms with van der Waals surface area (Å²) in [7, 11) is -10.7. The van der Waals surface area contributed by atoms with Gasteiger partial charge in [0, 0.05) is 92.1 Å². The van der Waals surface area contributed by atoms with Gasteiger partial charge in [-0.2, -0.15) is 33.7 Å². The summed E-state index contributed by atoms with van der Waals surface area (Å²) >= 11 is 4.94. The molecule has 43 heteroatoms. The molecule has 687 valence electrons. The number of carbonyl (C=O) groups excluding carboxylic acids is 6. The van der Waals surface area contributed by atoms with Crippen LogP contribution in [0.15, 0.2) is 72.8 Å². The molecule has 1 aliphatic heterocycles.